The molecule has 178 valence electrons. The maximum atomic E-state index is 13.0. The van der Waals surface area contributed by atoms with Crippen LogP contribution in [0.25, 0.3) is 0 Å². The summed E-state index contributed by atoms with van der Waals surface area (Å²) in [5.74, 6) is -0.166. The van der Waals surface area contributed by atoms with E-state index in [4.69, 9.17) is 0 Å². The van der Waals surface area contributed by atoms with Crippen LogP contribution in [-0.4, -0.2) is 14.3 Å². The van der Waals surface area contributed by atoms with Crippen LogP contribution in [0.5, 0.6) is 0 Å². The van der Waals surface area contributed by atoms with E-state index in [2.05, 4.69) is 35.2 Å². The average molecular weight is 477 g/mol. The van der Waals surface area contributed by atoms with Gasteiger partial charge in [-0.15, -0.1) is 0 Å². The first kappa shape index (κ1) is 24.0. The van der Waals surface area contributed by atoms with E-state index in [0.29, 0.717) is 16.8 Å². The third-order valence-corrected chi connectivity index (χ3v) is 7.93. The number of hydrogen-bond acceptors (Lipinski definition) is 3. The smallest absolute Gasteiger partial charge is 0.261 e. The Hall–Kier alpha value is -3.12. The van der Waals surface area contributed by atoms with Gasteiger partial charge < -0.3 is 5.32 Å². The number of carbonyl (C=O) groups excluding carboxylic acids is 1. The van der Waals surface area contributed by atoms with E-state index < -0.39 is 10.0 Å². The molecular weight excluding hydrogens is 444 g/mol. The number of hydrogen-bond donors (Lipinski definition) is 2. The average Bonchev–Trinajstić information content (AvgIpc) is 2.83. The molecule has 0 heterocycles. The third-order valence-electron chi connectivity index (χ3n) is 6.55. The Labute approximate surface area is 202 Å². The van der Waals surface area contributed by atoms with Gasteiger partial charge in [-0.25, -0.2) is 8.42 Å². The van der Waals surface area contributed by atoms with Crippen molar-refractivity contribution >= 4 is 21.6 Å². The minimum absolute atomic E-state index is 0.0697. The van der Waals surface area contributed by atoms with Gasteiger partial charge in [0.2, 0.25) is 0 Å². The number of rotatable bonds is 7. The third kappa shape index (κ3) is 5.33. The Balaban J connectivity index is 1.48. The first-order chi connectivity index (χ1) is 16.3. The van der Waals surface area contributed by atoms with E-state index in [0.717, 1.165) is 30.4 Å². The fraction of sp³-hybridized carbons (Fsp3) is 0.321. The Kier molecular flexibility index (Phi) is 7.08. The summed E-state index contributed by atoms with van der Waals surface area (Å²) in [6.45, 7) is 5.77. The van der Waals surface area contributed by atoms with Crippen LogP contribution in [0, 0.1) is 13.8 Å². The van der Waals surface area contributed by atoms with Crippen LogP contribution in [0.4, 0.5) is 5.69 Å². The summed E-state index contributed by atoms with van der Waals surface area (Å²) in [6.07, 6.45) is 5.50. The Morgan fingerprint density at radius 3 is 2.29 bits per heavy atom. The van der Waals surface area contributed by atoms with Crippen molar-refractivity contribution in [3.63, 3.8) is 0 Å². The molecule has 0 aromatic heterocycles. The van der Waals surface area contributed by atoms with E-state index in [9.17, 15) is 13.2 Å². The molecule has 4 rings (SSSR count). The van der Waals surface area contributed by atoms with Gasteiger partial charge in [0.25, 0.3) is 15.9 Å². The van der Waals surface area contributed by atoms with Crippen molar-refractivity contribution in [1.29, 1.82) is 0 Å². The second-order valence-electron chi connectivity index (χ2n) is 9.12. The zero-order chi connectivity index (χ0) is 24.3. The Morgan fingerprint density at radius 2 is 1.62 bits per heavy atom. The summed E-state index contributed by atoms with van der Waals surface area (Å²) in [6, 6.07) is 18.2. The van der Waals surface area contributed by atoms with Crippen LogP contribution in [-0.2, 0) is 22.9 Å². The Bertz CT molecular complexity index is 1300. The monoisotopic (exact) mass is 476 g/mol. The second kappa shape index (κ2) is 10.0. The van der Waals surface area contributed by atoms with Gasteiger partial charge in [0.15, 0.2) is 0 Å². The molecule has 2 N–H and O–H groups in total. The maximum absolute atomic E-state index is 13.0. The van der Waals surface area contributed by atoms with Crippen molar-refractivity contribution in [2.24, 2.45) is 0 Å². The number of anilines is 1. The van der Waals surface area contributed by atoms with Crippen LogP contribution in [0.15, 0.2) is 65.6 Å². The van der Waals surface area contributed by atoms with Crippen LogP contribution in [0.3, 0.4) is 0 Å². The molecule has 5 nitrogen and oxygen atoms in total. The van der Waals surface area contributed by atoms with Crippen LogP contribution >= 0.6 is 0 Å². The topological polar surface area (TPSA) is 75.3 Å². The molecule has 0 spiro atoms. The molecule has 6 heteroatoms. The summed E-state index contributed by atoms with van der Waals surface area (Å²) in [5.41, 5.74) is 6.60. The van der Waals surface area contributed by atoms with E-state index in [1.807, 2.05) is 6.92 Å². The van der Waals surface area contributed by atoms with Gasteiger partial charge in [0.05, 0.1) is 16.6 Å². The molecular formula is C28H32N2O3S. The highest BCUT2D eigenvalue weighted by atomic mass is 32.2. The highest BCUT2D eigenvalue weighted by Crippen LogP contribution is 2.27. The van der Waals surface area contributed by atoms with E-state index in [-0.39, 0.29) is 16.8 Å². The van der Waals surface area contributed by atoms with Gasteiger partial charge in [0.1, 0.15) is 0 Å². The minimum atomic E-state index is -3.70. The summed E-state index contributed by atoms with van der Waals surface area (Å²) in [5, 5.41) is 3.15. The van der Waals surface area contributed by atoms with Crippen molar-refractivity contribution < 1.29 is 13.2 Å². The SMILES string of the molecule is CCC(NC(=O)c1ccc(NS(=O)(=O)c2ccc(C)cc2)c(C)c1)c1ccc2c(c1)CCCC2. The lowest BCUT2D eigenvalue weighted by molar-refractivity contribution is 0.0935. The molecule has 0 fully saturated rings. The van der Waals surface area contributed by atoms with Crippen molar-refractivity contribution in [2.75, 3.05) is 4.72 Å². The Morgan fingerprint density at radius 1 is 0.912 bits per heavy atom. The van der Waals surface area contributed by atoms with E-state index in [1.165, 1.54) is 24.0 Å². The molecule has 1 atom stereocenters. The predicted molar refractivity (Wildman–Crippen MR) is 137 cm³/mol. The summed E-state index contributed by atoms with van der Waals surface area (Å²) in [4.78, 5) is 13.2. The van der Waals surface area contributed by atoms with Crippen molar-refractivity contribution in [2.45, 2.75) is 63.8 Å². The lowest BCUT2D eigenvalue weighted by Crippen LogP contribution is -2.28. The molecule has 3 aromatic rings. The highest BCUT2D eigenvalue weighted by molar-refractivity contribution is 7.92. The second-order valence-corrected chi connectivity index (χ2v) is 10.8. The number of carbonyl (C=O) groups is 1. The number of benzene rings is 3. The first-order valence-electron chi connectivity index (χ1n) is 11.9. The molecule has 1 aliphatic carbocycles. The van der Waals surface area contributed by atoms with Gasteiger partial charge in [-0.2, -0.15) is 0 Å². The van der Waals surface area contributed by atoms with Crippen LogP contribution in [0.1, 0.15) is 70.4 Å². The predicted octanol–water partition coefficient (Wildman–Crippen LogP) is 5.86. The maximum Gasteiger partial charge on any atom is 0.261 e. The van der Waals surface area contributed by atoms with Gasteiger partial charge in [-0.3, -0.25) is 9.52 Å². The quantitative estimate of drug-likeness (QED) is 0.448. The highest BCUT2D eigenvalue weighted by Gasteiger charge is 2.19. The zero-order valence-corrected chi connectivity index (χ0v) is 20.8. The number of aryl methyl sites for hydroxylation is 4. The first-order valence-corrected chi connectivity index (χ1v) is 13.4. The normalized spacial score (nSPS) is 14.2. The van der Waals surface area contributed by atoms with Crippen molar-refractivity contribution in [3.05, 3.63) is 94.0 Å². The lowest BCUT2D eigenvalue weighted by Gasteiger charge is -2.22. The van der Waals surface area contributed by atoms with Gasteiger partial charge in [-0.05, 0) is 98.5 Å². The van der Waals surface area contributed by atoms with E-state index in [1.54, 1.807) is 49.4 Å². The summed E-state index contributed by atoms with van der Waals surface area (Å²) < 4.78 is 28.1. The van der Waals surface area contributed by atoms with E-state index >= 15 is 0 Å². The molecule has 1 aliphatic rings. The summed E-state index contributed by atoms with van der Waals surface area (Å²) in [7, 11) is -3.70. The summed E-state index contributed by atoms with van der Waals surface area (Å²) >= 11 is 0. The molecule has 0 saturated carbocycles. The van der Waals surface area contributed by atoms with Crippen molar-refractivity contribution in [3.8, 4) is 0 Å². The van der Waals surface area contributed by atoms with Gasteiger partial charge in [0, 0.05) is 5.56 Å². The number of nitrogens with one attached hydrogen (secondary N) is 2. The molecule has 34 heavy (non-hydrogen) atoms. The molecule has 0 saturated heterocycles. The standard InChI is InChI=1S/C28H32N2O3S/c1-4-26(23-12-11-21-7-5-6-8-22(21)18-23)29-28(31)24-13-16-27(20(3)17-24)30-34(32,33)25-14-9-19(2)10-15-25/h9-18,26,30H,4-8H2,1-3H3,(H,29,31). The zero-order valence-electron chi connectivity index (χ0n) is 20.0. The molecule has 1 unspecified atom stereocenters. The molecule has 0 aliphatic heterocycles. The molecule has 1 amide bonds. The molecule has 0 radical (unpaired) electrons. The fourth-order valence-corrected chi connectivity index (χ4v) is 5.60. The van der Waals surface area contributed by atoms with Gasteiger partial charge in [-0.1, -0.05) is 42.8 Å². The molecule has 0 bridgehead atoms. The van der Waals surface area contributed by atoms with Crippen LogP contribution in [0.2, 0.25) is 0 Å². The fourth-order valence-electron chi connectivity index (χ4n) is 4.47. The van der Waals surface area contributed by atoms with Crippen LogP contribution < -0.4 is 10.0 Å². The number of sulfonamides is 1. The number of amides is 1. The largest absolute Gasteiger partial charge is 0.345 e. The minimum Gasteiger partial charge on any atom is -0.345 e. The van der Waals surface area contributed by atoms with Crippen molar-refractivity contribution in [1.82, 2.24) is 5.32 Å². The molecule has 3 aromatic carbocycles. The number of fused-ring (bicyclic) bond motifs is 1. The van der Waals surface area contributed by atoms with Gasteiger partial charge >= 0.3 is 0 Å². The lowest BCUT2D eigenvalue weighted by atomic mass is 9.88.